The summed E-state index contributed by atoms with van der Waals surface area (Å²) in [5.41, 5.74) is 0.110. The van der Waals surface area contributed by atoms with Gasteiger partial charge >= 0.3 is 17.8 Å². The molecule has 0 spiro atoms. The maximum Gasteiger partial charge on any atom is 0.416 e. The summed E-state index contributed by atoms with van der Waals surface area (Å²) in [6, 6.07) is 10.4. The first-order valence-corrected chi connectivity index (χ1v) is 16.4. The third kappa shape index (κ3) is 6.45. The Morgan fingerprint density at radius 1 is 1.17 bits per heavy atom. The number of quaternary nitrogens is 1. The zero-order valence-electron chi connectivity index (χ0n) is 25.8. The topological polar surface area (TPSA) is 138 Å². The molecule has 0 amide bonds. The third-order valence-corrected chi connectivity index (χ3v) is 10.3. The van der Waals surface area contributed by atoms with Crippen LogP contribution in [0.3, 0.4) is 0 Å². The maximum atomic E-state index is 13.7. The van der Waals surface area contributed by atoms with Crippen LogP contribution in [0.1, 0.15) is 48.1 Å². The van der Waals surface area contributed by atoms with Gasteiger partial charge in [-0.3, -0.25) is 4.90 Å². The number of rotatable bonds is 7. The normalized spacial score (nSPS) is 18.7. The van der Waals surface area contributed by atoms with E-state index >= 15 is 0 Å². The highest BCUT2D eigenvalue weighted by atomic mass is 32.2. The predicted octanol–water partition coefficient (Wildman–Crippen LogP) is 4.05. The van der Waals surface area contributed by atoms with Crippen LogP contribution in [0, 0.1) is 17.2 Å². The van der Waals surface area contributed by atoms with Crippen molar-refractivity contribution in [3.8, 4) is 6.07 Å². The number of nitrogens with zero attached hydrogens (tertiary/aromatic N) is 5. The second-order valence-corrected chi connectivity index (χ2v) is 14.7. The summed E-state index contributed by atoms with van der Waals surface area (Å²) in [5.74, 6) is -0.406. The second-order valence-electron chi connectivity index (χ2n) is 12.4. The van der Waals surface area contributed by atoms with Gasteiger partial charge in [0.15, 0.2) is 0 Å². The zero-order valence-corrected chi connectivity index (χ0v) is 26.6. The van der Waals surface area contributed by atoms with Crippen molar-refractivity contribution < 1.29 is 35.6 Å². The summed E-state index contributed by atoms with van der Waals surface area (Å²) >= 11 is 0. The van der Waals surface area contributed by atoms with Gasteiger partial charge in [0.1, 0.15) is 22.4 Å². The Balaban J connectivity index is 1.65. The van der Waals surface area contributed by atoms with Crippen LogP contribution < -0.4 is 10.6 Å². The molecule has 15 heteroatoms. The van der Waals surface area contributed by atoms with Crippen molar-refractivity contribution in [2.24, 2.45) is 5.92 Å². The first-order chi connectivity index (χ1) is 21.5. The van der Waals surface area contributed by atoms with E-state index in [1.165, 1.54) is 28.7 Å². The number of hydrogen-bond donors (Lipinski definition) is 1. The van der Waals surface area contributed by atoms with Crippen LogP contribution in [0.5, 0.6) is 0 Å². The number of nitrogens with one attached hydrogen (secondary N) is 1. The smallest absolute Gasteiger partial charge is 0.416 e. The molecular weight excluding hydrogens is 625 g/mol. The minimum atomic E-state index is -4.64. The average molecular weight is 660 g/mol. The van der Waals surface area contributed by atoms with E-state index in [1.807, 2.05) is 14.1 Å². The van der Waals surface area contributed by atoms with E-state index in [-0.39, 0.29) is 40.3 Å². The SMILES string of the molecule is COC(=O)C1=C(C)N(c2cccc(C(F)(F)F)c2)c2n[nH]c(=O)n2[C@@H]1c1ccc(C#N)cc1C[N+](C)(C)CC1CCS(=O)(=O)CC1. The van der Waals surface area contributed by atoms with E-state index < -0.39 is 39.3 Å². The number of aromatic nitrogens is 3. The molecule has 0 bridgehead atoms. The number of hydrogen-bond acceptors (Lipinski definition) is 8. The van der Waals surface area contributed by atoms with Gasteiger partial charge in [0.2, 0.25) is 5.95 Å². The van der Waals surface area contributed by atoms with Crippen molar-refractivity contribution in [2.45, 2.75) is 38.5 Å². The van der Waals surface area contributed by atoms with Crippen molar-refractivity contribution in [3.63, 3.8) is 0 Å². The molecule has 1 fully saturated rings. The lowest BCUT2D eigenvalue weighted by Crippen LogP contribution is -2.45. The molecule has 1 N–H and O–H groups in total. The number of esters is 1. The fourth-order valence-electron chi connectivity index (χ4n) is 6.50. The van der Waals surface area contributed by atoms with Gasteiger partial charge in [-0.1, -0.05) is 12.1 Å². The first-order valence-electron chi connectivity index (χ1n) is 14.5. The molecule has 5 rings (SSSR count). The van der Waals surface area contributed by atoms with Crippen LogP contribution in [-0.4, -0.2) is 72.9 Å². The monoisotopic (exact) mass is 659 g/mol. The molecule has 244 valence electrons. The quantitative estimate of drug-likeness (QED) is 0.296. The number of nitriles is 1. The van der Waals surface area contributed by atoms with Gasteiger partial charge in [-0.05, 0) is 55.7 Å². The predicted molar refractivity (Wildman–Crippen MR) is 162 cm³/mol. The molecule has 46 heavy (non-hydrogen) atoms. The van der Waals surface area contributed by atoms with Crippen LogP contribution in [0.2, 0.25) is 0 Å². The Morgan fingerprint density at radius 2 is 1.87 bits per heavy atom. The first kappa shape index (κ1) is 33.0. The van der Waals surface area contributed by atoms with Gasteiger partial charge < -0.3 is 9.22 Å². The largest absolute Gasteiger partial charge is 0.466 e. The van der Waals surface area contributed by atoms with Gasteiger partial charge in [0.25, 0.3) is 0 Å². The van der Waals surface area contributed by atoms with Crippen LogP contribution >= 0.6 is 0 Å². The zero-order chi connectivity index (χ0) is 33.6. The van der Waals surface area contributed by atoms with E-state index in [0.29, 0.717) is 47.1 Å². The average Bonchev–Trinajstić information content (AvgIpc) is 3.37. The number of anilines is 2. The maximum absolute atomic E-state index is 13.7. The minimum absolute atomic E-state index is 0.00432. The highest BCUT2D eigenvalue weighted by Gasteiger charge is 2.42. The Kier molecular flexibility index (Phi) is 8.65. The molecular formula is C31H34F3N6O5S+. The molecule has 11 nitrogen and oxygen atoms in total. The second kappa shape index (κ2) is 12.1. The lowest BCUT2D eigenvalue weighted by atomic mass is 9.89. The van der Waals surface area contributed by atoms with Crippen molar-refractivity contribution in [2.75, 3.05) is 44.2 Å². The van der Waals surface area contributed by atoms with Crippen LogP contribution in [0.4, 0.5) is 24.8 Å². The van der Waals surface area contributed by atoms with Crippen LogP contribution in [0.15, 0.2) is 58.5 Å². The third-order valence-electron chi connectivity index (χ3n) is 8.57. The molecule has 2 aliphatic rings. The summed E-state index contributed by atoms with van der Waals surface area (Å²) in [7, 11) is 2.11. The van der Waals surface area contributed by atoms with Crippen molar-refractivity contribution in [1.29, 1.82) is 5.26 Å². The number of H-pyrrole nitrogens is 1. The van der Waals surface area contributed by atoms with Gasteiger partial charge in [-0.25, -0.2) is 27.7 Å². The number of carbonyl (C=O) groups excluding carboxylic acids is 1. The molecule has 3 aromatic rings. The van der Waals surface area contributed by atoms with Gasteiger partial charge in [0.05, 0.1) is 62.0 Å². The van der Waals surface area contributed by atoms with Gasteiger partial charge in [0, 0.05) is 22.9 Å². The summed E-state index contributed by atoms with van der Waals surface area (Å²) in [4.78, 5) is 28.2. The molecule has 1 saturated heterocycles. The van der Waals surface area contributed by atoms with E-state index in [9.17, 15) is 36.4 Å². The fraction of sp³-hybridized carbons (Fsp3) is 0.419. The highest BCUT2D eigenvalue weighted by Crippen LogP contribution is 2.44. The Labute approximate surface area is 264 Å². The lowest BCUT2D eigenvalue weighted by molar-refractivity contribution is -0.907. The fourth-order valence-corrected chi connectivity index (χ4v) is 8.09. The summed E-state index contributed by atoms with van der Waals surface area (Å²) in [6.45, 7) is 2.55. The molecule has 0 saturated carbocycles. The number of benzene rings is 2. The molecule has 2 aromatic carbocycles. The number of aromatic amines is 1. The summed E-state index contributed by atoms with van der Waals surface area (Å²) < 4.78 is 71.8. The lowest BCUT2D eigenvalue weighted by Gasteiger charge is -2.38. The van der Waals surface area contributed by atoms with Crippen molar-refractivity contribution >= 4 is 27.4 Å². The number of ether oxygens (including phenoxy) is 1. The van der Waals surface area contributed by atoms with Crippen molar-refractivity contribution in [1.82, 2.24) is 14.8 Å². The molecule has 3 heterocycles. The molecule has 2 aliphatic heterocycles. The molecule has 0 aliphatic carbocycles. The van der Waals surface area contributed by atoms with E-state index in [2.05, 4.69) is 16.3 Å². The number of sulfone groups is 1. The molecule has 0 unspecified atom stereocenters. The Hall–Kier alpha value is -4.42. The van der Waals surface area contributed by atoms with E-state index in [0.717, 1.165) is 12.1 Å². The highest BCUT2D eigenvalue weighted by molar-refractivity contribution is 7.91. The number of allylic oxidation sites excluding steroid dienone is 1. The van der Waals surface area contributed by atoms with E-state index in [1.54, 1.807) is 25.1 Å². The number of alkyl halides is 3. The van der Waals surface area contributed by atoms with Crippen LogP contribution in [0.25, 0.3) is 0 Å². The van der Waals surface area contributed by atoms with Gasteiger partial charge in [-0.15, -0.1) is 5.10 Å². The number of methoxy groups -OCH3 is 1. The Morgan fingerprint density at radius 3 is 2.50 bits per heavy atom. The molecule has 1 atom stereocenters. The standard InChI is InChI=1S/C31H33F3N6O5S/c1-19-26(28(41)45-4)27(39-29(36-37-30(39)42)38(19)24-7-5-6-23(15-24)31(32,33)34)25-9-8-21(16-35)14-22(25)18-40(2,3)17-20-10-12-46(43,44)13-11-20/h5-9,14-15,20,27H,10-13,17-18H2,1-4H3/p+1/t27-/m1/s1. The molecule has 0 radical (unpaired) electrons. The van der Waals surface area contributed by atoms with Gasteiger partial charge in [-0.2, -0.15) is 18.4 Å². The number of carbonyl (C=O) groups is 1. The number of halogens is 3. The minimum Gasteiger partial charge on any atom is -0.466 e. The van der Waals surface area contributed by atoms with E-state index in [4.69, 9.17) is 4.74 Å². The number of fused-ring (bicyclic) bond motifs is 1. The van der Waals surface area contributed by atoms with Crippen LogP contribution in [-0.2, 0) is 32.1 Å². The molecule has 1 aromatic heterocycles. The Bertz CT molecular complexity index is 1910. The summed E-state index contributed by atoms with van der Waals surface area (Å²) in [5, 5.41) is 16.3. The van der Waals surface area contributed by atoms with Crippen molar-refractivity contribution in [3.05, 3.63) is 86.5 Å². The summed E-state index contributed by atoms with van der Waals surface area (Å²) in [6.07, 6.45) is -3.55.